The first-order valence-corrected chi connectivity index (χ1v) is 7.53. The van der Waals surface area contributed by atoms with Gasteiger partial charge in [0.15, 0.2) is 17.2 Å². The van der Waals surface area contributed by atoms with Crippen LogP contribution in [0, 0.1) is 0 Å². The van der Waals surface area contributed by atoms with Crippen molar-refractivity contribution in [1.82, 2.24) is 29.8 Å². The number of fused-ring (bicyclic) bond motifs is 1. The zero-order valence-corrected chi connectivity index (χ0v) is 13.9. The van der Waals surface area contributed by atoms with E-state index in [9.17, 15) is 0 Å². The van der Waals surface area contributed by atoms with Crippen molar-refractivity contribution >= 4 is 17.2 Å². The van der Waals surface area contributed by atoms with Crippen molar-refractivity contribution in [1.29, 1.82) is 0 Å². The molecule has 0 aliphatic heterocycles. The molecule has 8 nitrogen and oxygen atoms in total. The second-order valence-corrected chi connectivity index (χ2v) is 6.71. The lowest BCUT2D eigenvalue weighted by molar-refractivity contribution is 0.555. The first-order chi connectivity index (χ1) is 10.9. The third-order valence-corrected chi connectivity index (χ3v) is 3.35. The van der Waals surface area contributed by atoms with E-state index in [0.717, 1.165) is 17.2 Å². The molecule has 23 heavy (non-hydrogen) atoms. The fourth-order valence-corrected chi connectivity index (χ4v) is 2.13. The molecule has 0 amide bonds. The second kappa shape index (κ2) is 5.53. The molecule has 8 heteroatoms. The van der Waals surface area contributed by atoms with Crippen molar-refractivity contribution in [3.8, 4) is 0 Å². The summed E-state index contributed by atoms with van der Waals surface area (Å²) in [7, 11) is 0. The Bertz CT molecular complexity index is 836. The Labute approximate surface area is 134 Å². The topological polar surface area (TPSA) is 96.5 Å². The van der Waals surface area contributed by atoms with Crippen LogP contribution in [0.15, 0.2) is 28.8 Å². The number of aromatic nitrogens is 6. The van der Waals surface area contributed by atoms with Gasteiger partial charge < -0.3 is 4.98 Å². The Balaban J connectivity index is 2.13. The first-order valence-electron chi connectivity index (χ1n) is 7.53. The molecular formula is C15H20N8. The molecule has 0 unspecified atom stereocenters. The molecule has 3 heterocycles. The van der Waals surface area contributed by atoms with E-state index in [1.807, 2.05) is 0 Å². The summed E-state index contributed by atoms with van der Waals surface area (Å²) < 4.78 is 1.60. The Morgan fingerprint density at radius 1 is 1.13 bits per heavy atom. The van der Waals surface area contributed by atoms with Gasteiger partial charge in [0.05, 0.1) is 11.9 Å². The summed E-state index contributed by atoms with van der Waals surface area (Å²) in [6, 6.07) is 0. The number of aromatic amines is 1. The second-order valence-electron chi connectivity index (χ2n) is 6.71. The molecule has 120 valence electrons. The molecule has 0 saturated carbocycles. The lowest BCUT2D eigenvalue weighted by Gasteiger charge is -2.15. The van der Waals surface area contributed by atoms with E-state index in [-0.39, 0.29) is 11.3 Å². The van der Waals surface area contributed by atoms with Crippen LogP contribution in [0.5, 0.6) is 0 Å². The van der Waals surface area contributed by atoms with Gasteiger partial charge >= 0.3 is 0 Å². The van der Waals surface area contributed by atoms with Gasteiger partial charge in [-0.1, -0.05) is 34.6 Å². The average Bonchev–Trinajstić information content (AvgIpc) is 3.03. The van der Waals surface area contributed by atoms with Gasteiger partial charge in [-0.25, -0.2) is 4.98 Å². The predicted octanol–water partition coefficient (Wildman–Crippen LogP) is 3.68. The van der Waals surface area contributed by atoms with Crippen molar-refractivity contribution < 1.29 is 0 Å². The summed E-state index contributed by atoms with van der Waals surface area (Å²) in [6.45, 7) is 10.4. The number of nitrogens with zero attached hydrogens (tertiary/aromatic N) is 7. The van der Waals surface area contributed by atoms with Crippen LogP contribution in [0.3, 0.4) is 0 Å². The molecular weight excluding hydrogens is 292 g/mol. The lowest BCUT2D eigenvalue weighted by Crippen LogP contribution is -2.12. The average molecular weight is 312 g/mol. The number of nitrogens with one attached hydrogen (secondary N) is 1. The largest absolute Gasteiger partial charge is 0.323 e. The predicted molar refractivity (Wildman–Crippen MR) is 86.3 cm³/mol. The molecule has 1 N–H and O–H groups in total. The zero-order chi connectivity index (χ0) is 16.6. The van der Waals surface area contributed by atoms with Gasteiger partial charge in [-0.15, -0.1) is 20.0 Å². The number of H-pyrrole nitrogens is 1. The summed E-state index contributed by atoms with van der Waals surface area (Å²) in [5.74, 6) is 1.60. The Morgan fingerprint density at radius 2 is 1.91 bits per heavy atom. The molecule has 3 rings (SSSR count). The minimum Gasteiger partial charge on any atom is -0.323 e. The van der Waals surface area contributed by atoms with Gasteiger partial charge in [0.2, 0.25) is 0 Å². The normalized spacial score (nSPS) is 12.8. The number of hydrogen-bond acceptors (Lipinski definition) is 6. The van der Waals surface area contributed by atoms with Gasteiger partial charge in [-0.2, -0.15) is 5.10 Å². The third-order valence-electron chi connectivity index (χ3n) is 3.35. The highest BCUT2D eigenvalue weighted by Crippen LogP contribution is 2.34. The van der Waals surface area contributed by atoms with Crippen molar-refractivity contribution in [2.75, 3.05) is 0 Å². The smallest absolute Gasteiger partial charge is 0.192 e. The van der Waals surface area contributed by atoms with Crippen molar-refractivity contribution in [3.05, 3.63) is 30.1 Å². The quantitative estimate of drug-likeness (QED) is 0.746. The monoisotopic (exact) mass is 312 g/mol. The number of azo groups is 1. The SMILES string of the molecule is CC(C)c1nn2nc(C(C)(C)C)c(N=Nc3cnccn3)c2[nH]1. The highest BCUT2D eigenvalue weighted by molar-refractivity contribution is 5.67. The highest BCUT2D eigenvalue weighted by Gasteiger charge is 2.26. The molecule has 0 fully saturated rings. The molecule has 0 atom stereocenters. The van der Waals surface area contributed by atoms with Gasteiger partial charge in [-0.3, -0.25) is 4.98 Å². The maximum atomic E-state index is 4.58. The molecule has 0 saturated heterocycles. The summed E-state index contributed by atoms with van der Waals surface area (Å²) in [6.07, 6.45) is 4.74. The zero-order valence-electron chi connectivity index (χ0n) is 13.9. The van der Waals surface area contributed by atoms with Gasteiger partial charge in [0.25, 0.3) is 0 Å². The van der Waals surface area contributed by atoms with Gasteiger partial charge in [-0.05, 0) is 0 Å². The summed E-state index contributed by atoms with van der Waals surface area (Å²) >= 11 is 0. The van der Waals surface area contributed by atoms with Gasteiger partial charge in [0.1, 0.15) is 5.82 Å². The van der Waals surface area contributed by atoms with E-state index >= 15 is 0 Å². The lowest BCUT2D eigenvalue weighted by atomic mass is 9.91. The maximum Gasteiger partial charge on any atom is 0.192 e. The molecule has 0 aromatic carbocycles. The van der Waals surface area contributed by atoms with E-state index in [4.69, 9.17) is 0 Å². The van der Waals surface area contributed by atoms with Crippen LogP contribution in [-0.2, 0) is 5.41 Å². The van der Waals surface area contributed by atoms with Crippen LogP contribution < -0.4 is 0 Å². The Hall–Kier alpha value is -2.64. The van der Waals surface area contributed by atoms with Crippen LogP contribution in [0.25, 0.3) is 5.65 Å². The standard InChI is InChI=1S/C15H20N8/c1-9(2)13-18-14-11(20-19-10-8-16-6-7-17-10)12(15(3,4)5)21-23(14)22-13/h6-9H,1-5H3,(H,18,22). The number of hydrogen-bond donors (Lipinski definition) is 1. The third kappa shape index (κ3) is 2.96. The molecule has 0 aliphatic rings. The first kappa shape index (κ1) is 15.3. The summed E-state index contributed by atoms with van der Waals surface area (Å²) in [5, 5.41) is 17.6. The minimum absolute atomic E-state index is 0.177. The molecule has 0 aliphatic carbocycles. The Kier molecular flexibility index (Phi) is 3.67. The number of rotatable bonds is 3. The molecule has 0 radical (unpaired) electrons. The molecule has 3 aromatic heterocycles. The van der Waals surface area contributed by atoms with E-state index in [1.54, 1.807) is 23.2 Å². The minimum atomic E-state index is -0.177. The van der Waals surface area contributed by atoms with E-state index in [0.29, 0.717) is 11.5 Å². The van der Waals surface area contributed by atoms with Crippen LogP contribution in [0.2, 0.25) is 0 Å². The fourth-order valence-electron chi connectivity index (χ4n) is 2.13. The van der Waals surface area contributed by atoms with Gasteiger partial charge in [0, 0.05) is 23.7 Å². The van der Waals surface area contributed by atoms with Crippen molar-refractivity contribution in [2.45, 2.75) is 46.0 Å². The Morgan fingerprint density at radius 3 is 2.52 bits per heavy atom. The van der Waals surface area contributed by atoms with Crippen molar-refractivity contribution in [3.63, 3.8) is 0 Å². The van der Waals surface area contributed by atoms with Crippen LogP contribution >= 0.6 is 0 Å². The van der Waals surface area contributed by atoms with Crippen LogP contribution in [0.4, 0.5) is 11.5 Å². The summed E-state index contributed by atoms with van der Waals surface area (Å²) in [4.78, 5) is 11.4. The summed E-state index contributed by atoms with van der Waals surface area (Å²) in [5.41, 5.74) is 2.08. The fraction of sp³-hybridized carbons (Fsp3) is 0.467. The maximum absolute atomic E-state index is 4.58. The van der Waals surface area contributed by atoms with Crippen LogP contribution in [0.1, 0.15) is 52.1 Å². The van der Waals surface area contributed by atoms with E-state index in [2.05, 4.69) is 70.0 Å². The van der Waals surface area contributed by atoms with Crippen molar-refractivity contribution in [2.24, 2.45) is 10.2 Å². The van der Waals surface area contributed by atoms with E-state index in [1.165, 1.54) is 0 Å². The molecule has 0 bridgehead atoms. The molecule has 3 aromatic rings. The molecule has 0 spiro atoms. The van der Waals surface area contributed by atoms with E-state index < -0.39 is 0 Å². The van der Waals surface area contributed by atoms with Crippen LogP contribution in [-0.4, -0.2) is 29.8 Å². The highest BCUT2D eigenvalue weighted by atomic mass is 15.5.